The molecule has 1 aliphatic carbocycles. The van der Waals surface area contributed by atoms with E-state index in [4.69, 9.17) is 0 Å². The van der Waals surface area contributed by atoms with Crippen molar-refractivity contribution in [3.8, 4) is 0 Å². The minimum absolute atomic E-state index is 0.160. The van der Waals surface area contributed by atoms with Crippen molar-refractivity contribution >= 4 is 16.9 Å². The van der Waals surface area contributed by atoms with Gasteiger partial charge in [-0.1, -0.05) is 12.8 Å². The Hall–Kier alpha value is -1.84. The van der Waals surface area contributed by atoms with E-state index in [1.165, 1.54) is 38.5 Å². The Morgan fingerprint density at radius 1 is 1.14 bits per heavy atom. The maximum absolute atomic E-state index is 12.7. The van der Waals surface area contributed by atoms with Gasteiger partial charge in [0.1, 0.15) is 0 Å². The highest BCUT2D eigenvalue weighted by Gasteiger charge is 2.38. The van der Waals surface area contributed by atoms with Crippen molar-refractivity contribution in [3.05, 3.63) is 30.1 Å². The number of nitrogens with one attached hydrogen (secondary N) is 1. The van der Waals surface area contributed by atoms with Crippen molar-refractivity contribution in [2.75, 3.05) is 13.1 Å². The summed E-state index contributed by atoms with van der Waals surface area (Å²) in [4.78, 5) is 22.0. The third kappa shape index (κ3) is 2.23. The van der Waals surface area contributed by atoms with Crippen molar-refractivity contribution in [2.45, 2.75) is 38.5 Å². The molecule has 1 aromatic heterocycles. The molecule has 0 unspecified atom stereocenters. The average Bonchev–Trinajstić information content (AvgIpc) is 3.16. The second kappa shape index (κ2) is 4.86. The number of imidazole rings is 1. The largest absolute Gasteiger partial charge is 0.345 e. The number of carbonyl (C=O) groups is 1. The van der Waals surface area contributed by atoms with Gasteiger partial charge in [-0.2, -0.15) is 0 Å². The number of piperidine rings is 1. The van der Waals surface area contributed by atoms with E-state index in [1.807, 2.05) is 23.1 Å². The van der Waals surface area contributed by atoms with Crippen LogP contribution in [-0.4, -0.2) is 33.9 Å². The van der Waals surface area contributed by atoms with Crippen molar-refractivity contribution in [3.63, 3.8) is 0 Å². The highest BCUT2D eigenvalue weighted by atomic mass is 16.2. The van der Waals surface area contributed by atoms with E-state index >= 15 is 0 Å². The van der Waals surface area contributed by atoms with Gasteiger partial charge in [0.2, 0.25) is 0 Å². The fourth-order valence-electron chi connectivity index (χ4n) is 4.06. The third-order valence-corrected chi connectivity index (χ3v) is 5.44. The molecule has 4 nitrogen and oxygen atoms in total. The number of aromatic nitrogens is 2. The van der Waals surface area contributed by atoms with Crippen molar-refractivity contribution in [1.82, 2.24) is 14.9 Å². The molecule has 4 heteroatoms. The minimum atomic E-state index is 0.160. The second-order valence-corrected chi connectivity index (χ2v) is 6.63. The van der Waals surface area contributed by atoms with E-state index in [-0.39, 0.29) is 5.91 Å². The SMILES string of the molecule is O=C(c1ccc2[nH]cnc2c1)N1CCC2(CCCC2)CC1. The zero-order valence-corrected chi connectivity index (χ0v) is 12.3. The van der Waals surface area contributed by atoms with Crippen LogP contribution in [0, 0.1) is 5.41 Å². The van der Waals surface area contributed by atoms with Crippen LogP contribution in [0.4, 0.5) is 0 Å². The molecular weight excluding hydrogens is 262 g/mol. The van der Waals surface area contributed by atoms with Crippen LogP contribution in [-0.2, 0) is 0 Å². The summed E-state index contributed by atoms with van der Waals surface area (Å²) >= 11 is 0. The Balaban J connectivity index is 1.50. The standard InChI is InChI=1S/C17H21N3O/c21-16(13-3-4-14-15(11-13)19-12-18-14)20-9-7-17(8-10-20)5-1-2-6-17/h3-4,11-12H,1-2,5-10H2,(H,18,19). The summed E-state index contributed by atoms with van der Waals surface area (Å²) in [7, 11) is 0. The number of hydrogen-bond donors (Lipinski definition) is 1. The second-order valence-electron chi connectivity index (χ2n) is 6.63. The molecular formula is C17H21N3O. The van der Waals surface area contributed by atoms with Gasteiger partial charge in [0.15, 0.2) is 0 Å². The number of benzene rings is 1. The summed E-state index contributed by atoms with van der Waals surface area (Å²) in [5.41, 5.74) is 3.17. The van der Waals surface area contributed by atoms with Gasteiger partial charge < -0.3 is 9.88 Å². The van der Waals surface area contributed by atoms with Gasteiger partial charge >= 0.3 is 0 Å². The summed E-state index contributed by atoms with van der Waals surface area (Å²) in [5.74, 6) is 0.160. The van der Waals surface area contributed by atoms with E-state index in [9.17, 15) is 4.79 Å². The van der Waals surface area contributed by atoms with Crippen molar-refractivity contribution in [2.24, 2.45) is 5.41 Å². The van der Waals surface area contributed by atoms with Gasteiger partial charge in [-0.3, -0.25) is 4.79 Å². The molecule has 21 heavy (non-hydrogen) atoms. The van der Waals surface area contributed by atoms with E-state index in [0.29, 0.717) is 5.41 Å². The predicted octanol–water partition coefficient (Wildman–Crippen LogP) is 3.36. The molecule has 2 aliphatic rings. The Labute approximate surface area is 124 Å². The lowest BCUT2D eigenvalue weighted by Crippen LogP contribution is -2.42. The zero-order chi connectivity index (χ0) is 14.3. The number of amides is 1. The molecule has 1 amide bonds. The molecule has 1 saturated heterocycles. The minimum Gasteiger partial charge on any atom is -0.345 e. The van der Waals surface area contributed by atoms with Crippen LogP contribution >= 0.6 is 0 Å². The van der Waals surface area contributed by atoms with Crippen LogP contribution in [0.2, 0.25) is 0 Å². The van der Waals surface area contributed by atoms with E-state index in [0.717, 1.165) is 29.7 Å². The summed E-state index contributed by atoms with van der Waals surface area (Å²) in [6.07, 6.45) is 9.53. The van der Waals surface area contributed by atoms with Crippen molar-refractivity contribution < 1.29 is 4.79 Å². The lowest BCUT2D eigenvalue weighted by atomic mass is 9.77. The molecule has 0 bridgehead atoms. The maximum atomic E-state index is 12.7. The molecule has 1 aliphatic heterocycles. The molecule has 1 saturated carbocycles. The lowest BCUT2D eigenvalue weighted by Gasteiger charge is -2.39. The maximum Gasteiger partial charge on any atom is 0.253 e. The Morgan fingerprint density at radius 2 is 1.90 bits per heavy atom. The number of fused-ring (bicyclic) bond motifs is 1. The first-order chi connectivity index (χ1) is 10.3. The topological polar surface area (TPSA) is 49.0 Å². The molecule has 2 fully saturated rings. The van der Waals surface area contributed by atoms with Crippen LogP contribution < -0.4 is 0 Å². The first-order valence-electron chi connectivity index (χ1n) is 7.98. The zero-order valence-electron chi connectivity index (χ0n) is 12.3. The normalized spacial score (nSPS) is 21.2. The van der Waals surface area contributed by atoms with Gasteiger partial charge in [-0.25, -0.2) is 4.98 Å². The van der Waals surface area contributed by atoms with Gasteiger partial charge in [-0.15, -0.1) is 0 Å². The lowest BCUT2D eigenvalue weighted by molar-refractivity contribution is 0.0587. The number of carbonyl (C=O) groups excluding carboxylic acids is 1. The summed E-state index contributed by atoms with van der Waals surface area (Å²) < 4.78 is 0. The van der Waals surface area contributed by atoms with Crippen LogP contribution in [0.3, 0.4) is 0 Å². The summed E-state index contributed by atoms with van der Waals surface area (Å²) in [6, 6.07) is 5.74. The number of nitrogens with zero attached hydrogens (tertiary/aromatic N) is 2. The molecule has 1 spiro atoms. The van der Waals surface area contributed by atoms with E-state index in [2.05, 4.69) is 9.97 Å². The number of rotatable bonds is 1. The van der Waals surface area contributed by atoms with Crippen LogP contribution in [0.15, 0.2) is 24.5 Å². The molecule has 1 aromatic carbocycles. The molecule has 1 N–H and O–H groups in total. The monoisotopic (exact) mass is 283 g/mol. The number of hydrogen-bond acceptors (Lipinski definition) is 2. The fraction of sp³-hybridized carbons (Fsp3) is 0.529. The van der Waals surface area contributed by atoms with Gasteiger partial charge in [0.05, 0.1) is 17.4 Å². The van der Waals surface area contributed by atoms with Crippen LogP contribution in [0.25, 0.3) is 11.0 Å². The number of aromatic amines is 1. The predicted molar refractivity (Wildman–Crippen MR) is 82.1 cm³/mol. The van der Waals surface area contributed by atoms with Crippen LogP contribution in [0.1, 0.15) is 48.9 Å². The third-order valence-electron chi connectivity index (χ3n) is 5.44. The van der Waals surface area contributed by atoms with Gasteiger partial charge in [0.25, 0.3) is 5.91 Å². The Kier molecular flexibility index (Phi) is 2.98. The highest BCUT2D eigenvalue weighted by molar-refractivity contribution is 5.97. The van der Waals surface area contributed by atoms with Gasteiger partial charge in [0, 0.05) is 18.7 Å². The number of H-pyrrole nitrogens is 1. The molecule has 110 valence electrons. The summed E-state index contributed by atoms with van der Waals surface area (Å²) in [5, 5.41) is 0. The van der Waals surface area contributed by atoms with Crippen LogP contribution in [0.5, 0.6) is 0 Å². The highest BCUT2D eigenvalue weighted by Crippen LogP contribution is 2.46. The Morgan fingerprint density at radius 3 is 2.67 bits per heavy atom. The molecule has 2 aromatic rings. The molecule has 0 radical (unpaired) electrons. The molecule has 4 rings (SSSR count). The average molecular weight is 283 g/mol. The number of likely N-dealkylation sites (tertiary alicyclic amines) is 1. The van der Waals surface area contributed by atoms with E-state index < -0.39 is 0 Å². The van der Waals surface area contributed by atoms with E-state index in [1.54, 1.807) is 6.33 Å². The Bertz CT molecular complexity index is 659. The van der Waals surface area contributed by atoms with Gasteiger partial charge in [-0.05, 0) is 49.3 Å². The molecule has 2 heterocycles. The quantitative estimate of drug-likeness (QED) is 0.872. The molecule has 0 atom stereocenters. The first-order valence-corrected chi connectivity index (χ1v) is 7.98. The fourth-order valence-corrected chi connectivity index (χ4v) is 4.06. The van der Waals surface area contributed by atoms with Crippen molar-refractivity contribution in [1.29, 1.82) is 0 Å². The first kappa shape index (κ1) is 12.9. The summed E-state index contributed by atoms with van der Waals surface area (Å²) in [6.45, 7) is 1.83. The smallest absolute Gasteiger partial charge is 0.253 e.